The summed E-state index contributed by atoms with van der Waals surface area (Å²) in [5.41, 5.74) is 8.46. The van der Waals surface area contributed by atoms with Crippen LogP contribution < -0.4 is 11.1 Å². The van der Waals surface area contributed by atoms with Crippen molar-refractivity contribution < 1.29 is 4.79 Å². The van der Waals surface area contributed by atoms with Gasteiger partial charge in [-0.15, -0.1) is 11.3 Å². The topological polar surface area (TPSA) is 93.8 Å². The Balaban J connectivity index is 1.82. The number of nitrogens with two attached hydrogens (primary N) is 1. The highest BCUT2D eigenvalue weighted by molar-refractivity contribution is 7.14. The van der Waals surface area contributed by atoms with Gasteiger partial charge in [-0.1, -0.05) is 0 Å². The second-order valence-electron chi connectivity index (χ2n) is 4.58. The van der Waals surface area contributed by atoms with Crippen molar-refractivity contribution in [1.82, 2.24) is 15.0 Å². The fourth-order valence-electron chi connectivity index (χ4n) is 1.83. The highest BCUT2D eigenvalue weighted by Crippen LogP contribution is 2.20. The highest BCUT2D eigenvalue weighted by Gasteiger charge is 2.11. The lowest BCUT2D eigenvalue weighted by atomic mass is 10.2. The van der Waals surface area contributed by atoms with E-state index >= 15 is 0 Å². The lowest BCUT2D eigenvalue weighted by molar-refractivity contribution is 0.102. The molecule has 0 fully saturated rings. The van der Waals surface area contributed by atoms with Crippen LogP contribution in [0.15, 0.2) is 36.0 Å². The van der Waals surface area contributed by atoms with Gasteiger partial charge in [-0.05, 0) is 25.1 Å². The number of rotatable bonds is 3. The van der Waals surface area contributed by atoms with E-state index in [-0.39, 0.29) is 11.9 Å². The molecule has 0 bridgehead atoms. The van der Waals surface area contributed by atoms with E-state index in [9.17, 15) is 4.79 Å². The molecule has 7 heteroatoms. The van der Waals surface area contributed by atoms with Crippen LogP contribution in [0.4, 0.5) is 5.13 Å². The summed E-state index contributed by atoms with van der Waals surface area (Å²) in [6, 6.07) is 5.04. The number of aromatic nitrogens is 3. The molecule has 1 atom stereocenters. The van der Waals surface area contributed by atoms with Crippen LogP contribution >= 0.6 is 11.3 Å². The molecule has 1 unspecified atom stereocenters. The predicted molar refractivity (Wildman–Crippen MR) is 82.2 cm³/mol. The van der Waals surface area contributed by atoms with Crippen molar-refractivity contribution in [3.05, 3.63) is 47.2 Å². The van der Waals surface area contributed by atoms with Gasteiger partial charge in [0.05, 0.1) is 16.7 Å². The number of carbonyl (C=O) groups is 1. The fraction of sp³-hybridized carbons (Fsp3) is 0.143. The zero-order chi connectivity index (χ0) is 14.8. The average Bonchev–Trinajstić information content (AvgIpc) is 2.95. The Labute approximate surface area is 125 Å². The van der Waals surface area contributed by atoms with Gasteiger partial charge in [0.25, 0.3) is 5.91 Å². The summed E-state index contributed by atoms with van der Waals surface area (Å²) in [6.45, 7) is 1.85. The third kappa shape index (κ3) is 2.88. The molecule has 2 aromatic heterocycles. The molecule has 106 valence electrons. The zero-order valence-corrected chi connectivity index (χ0v) is 12.1. The van der Waals surface area contributed by atoms with Gasteiger partial charge in [0, 0.05) is 29.4 Å². The highest BCUT2D eigenvalue weighted by atomic mass is 32.1. The minimum atomic E-state index is -0.229. The van der Waals surface area contributed by atoms with Crippen LogP contribution in [0.25, 0.3) is 11.0 Å². The van der Waals surface area contributed by atoms with E-state index in [4.69, 9.17) is 5.73 Å². The SMILES string of the molecule is CC(N)c1csc(NC(=O)c2ccc3nccnc3c2)n1. The minimum absolute atomic E-state index is 0.150. The standard InChI is InChI=1S/C14H13N5OS/c1-8(15)12-7-21-14(18-12)19-13(20)9-2-3-10-11(6-9)17-5-4-16-10/h2-8H,15H2,1H3,(H,18,19,20). The van der Waals surface area contributed by atoms with E-state index in [1.165, 1.54) is 11.3 Å². The number of hydrogen-bond acceptors (Lipinski definition) is 6. The van der Waals surface area contributed by atoms with Crippen LogP contribution in [0, 0.1) is 0 Å². The molecule has 21 heavy (non-hydrogen) atoms. The second kappa shape index (κ2) is 5.55. The van der Waals surface area contributed by atoms with E-state index in [1.54, 1.807) is 30.6 Å². The summed E-state index contributed by atoms with van der Waals surface area (Å²) < 4.78 is 0. The molecule has 2 heterocycles. The first-order valence-corrected chi connectivity index (χ1v) is 7.24. The quantitative estimate of drug-likeness (QED) is 0.774. The van der Waals surface area contributed by atoms with Gasteiger partial charge in [-0.2, -0.15) is 0 Å². The van der Waals surface area contributed by atoms with Gasteiger partial charge in [0.2, 0.25) is 0 Å². The Hall–Kier alpha value is -2.38. The summed E-state index contributed by atoms with van der Waals surface area (Å²) in [6.07, 6.45) is 3.22. The normalized spacial score (nSPS) is 12.3. The lowest BCUT2D eigenvalue weighted by Gasteiger charge is -2.03. The molecule has 1 amide bonds. The van der Waals surface area contributed by atoms with E-state index in [2.05, 4.69) is 20.3 Å². The van der Waals surface area contributed by atoms with Crippen LogP contribution in [-0.2, 0) is 0 Å². The first-order valence-electron chi connectivity index (χ1n) is 6.36. The number of nitrogens with zero attached hydrogens (tertiary/aromatic N) is 3. The van der Waals surface area contributed by atoms with Crippen LogP contribution in [0.1, 0.15) is 29.0 Å². The number of carbonyl (C=O) groups excluding carboxylic acids is 1. The fourth-order valence-corrected chi connectivity index (χ4v) is 2.64. The van der Waals surface area contributed by atoms with Gasteiger partial charge in [-0.25, -0.2) is 4.98 Å². The first kappa shape index (κ1) is 13.6. The van der Waals surface area contributed by atoms with E-state index in [0.29, 0.717) is 16.2 Å². The van der Waals surface area contributed by atoms with Crippen molar-refractivity contribution in [2.24, 2.45) is 5.73 Å². The molecule has 0 saturated heterocycles. The predicted octanol–water partition coefficient (Wildman–Crippen LogP) is 2.36. The van der Waals surface area contributed by atoms with Gasteiger partial charge >= 0.3 is 0 Å². The van der Waals surface area contributed by atoms with Crippen molar-refractivity contribution in [3.63, 3.8) is 0 Å². The van der Waals surface area contributed by atoms with Crippen molar-refractivity contribution in [2.75, 3.05) is 5.32 Å². The Morgan fingerprint density at radius 3 is 2.76 bits per heavy atom. The van der Waals surface area contributed by atoms with E-state index in [0.717, 1.165) is 11.2 Å². The zero-order valence-electron chi connectivity index (χ0n) is 11.3. The van der Waals surface area contributed by atoms with Crippen molar-refractivity contribution in [2.45, 2.75) is 13.0 Å². The Morgan fingerprint density at radius 2 is 2.05 bits per heavy atom. The second-order valence-corrected chi connectivity index (χ2v) is 5.44. The molecule has 0 saturated carbocycles. The van der Waals surface area contributed by atoms with Gasteiger partial charge in [-0.3, -0.25) is 20.1 Å². The molecule has 3 aromatic rings. The number of thiazole rings is 1. The van der Waals surface area contributed by atoms with Gasteiger partial charge < -0.3 is 5.73 Å². The third-order valence-electron chi connectivity index (χ3n) is 2.94. The first-order chi connectivity index (χ1) is 10.1. The summed E-state index contributed by atoms with van der Waals surface area (Å²) in [5.74, 6) is -0.229. The van der Waals surface area contributed by atoms with E-state index in [1.807, 2.05) is 12.3 Å². The number of hydrogen-bond donors (Lipinski definition) is 2. The summed E-state index contributed by atoms with van der Waals surface area (Å²) in [4.78, 5) is 24.8. The third-order valence-corrected chi connectivity index (χ3v) is 3.72. The maximum atomic E-state index is 12.2. The lowest BCUT2D eigenvalue weighted by Crippen LogP contribution is -2.12. The monoisotopic (exact) mass is 299 g/mol. The molecule has 3 rings (SSSR count). The number of anilines is 1. The summed E-state index contributed by atoms with van der Waals surface area (Å²) in [5, 5.41) is 5.14. The Bertz CT molecular complexity index is 799. The van der Waals surface area contributed by atoms with Gasteiger partial charge in [0.15, 0.2) is 5.13 Å². The average molecular weight is 299 g/mol. The van der Waals surface area contributed by atoms with Gasteiger partial charge in [0.1, 0.15) is 0 Å². The summed E-state index contributed by atoms with van der Waals surface area (Å²) >= 11 is 1.35. The maximum absolute atomic E-state index is 12.2. The van der Waals surface area contributed by atoms with E-state index < -0.39 is 0 Å². The summed E-state index contributed by atoms with van der Waals surface area (Å²) in [7, 11) is 0. The van der Waals surface area contributed by atoms with Crippen LogP contribution in [0.5, 0.6) is 0 Å². The smallest absolute Gasteiger partial charge is 0.257 e. The molecule has 3 N–H and O–H groups in total. The van der Waals surface area contributed by atoms with Crippen LogP contribution in [0.2, 0.25) is 0 Å². The Morgan fingerprint density at radius 1 is 1.29 bits per heavy atom. The minimum Gasteiger partial charge on any atom is -0.323 e. The van der Waals surface area contributed by atoms with Crippen LogP contribution in [-0.4, -0.2) is 20.9 Å². The molecular weight excluding hydrogens is 286 g/mol. The largest absolute Gasteiger partial charge is 0.323 e. The molecule has 6 nitrogen and oxygen atoms in total. The molecule has 0 aliphatic heterocycles. The number of nitrogens with one attached hydrogen (secondary N) is 1. The van der Waals surface area contributed by atoms with Crippen molar-refractivity contribution in [3.8, 4) is 0 Å². The van der Waals surface area contributed by atoms with Crippen LogP contribution in [0.3, 0.4) is 0 Å². The number of amides is 1. The molecule has 0 spiro atoms. The van der Waals surface area contributed by atoms with Crippen molar-refractivity contribution >= 4 is 33.4 Å². The molecular formula is C14H13N5OS. The number of benzene rings is 1. The maximum Gasteiger partial charge on any atom is 0.257 e. The molecule has 1 aromatic carbocycles. The number of fused-ring (bicyclic) bond motifs is 1. The van der Waals surface area contributed by atoms with Crippen molar-refractivity contribution in [1.29, 1.82) is 0 Å². The molecule has 0 aliphatic rings. The molecule has 0 radical (unpaired) electrons. The Kier molecular flexibility index (Phi) is 3.59. The molecule has 0 aliphatic carbocycles.